The summed E-state index contributed by atoms with van der Waals surface area (Å²) in [5, 5.41) is 0. The Morgan fingerprint density at radius 2 is 1.00 bits per heavy atom. The van der Waals surface area contributed by atoms with Gasteiger partial charge in [0.25, 0.3) is 0 Å². The van der Waals surface area contributed by atoms with E-state index in [1.54, 1.807) is 0 Å². The van der Waals surface area contributed by atoms with Gasteiger partial charge in [-0.25, -0.2) is 0 Å². The number of hydrogen-bond acceptors (Lipinski definition) is 4. The van der Waals surface area contributed by atoms with Gasteiger partial charge in [0.2, 0.25) is 0 Å². The summed E-state index contributed by atoms with van der Waals surface area (Å²) < 4.78 is 63.5. The van der Waals surface area contributed by atoms with Crippen LogP contribution in [0.15, 0.2) is 0 Å². The third-order valence-electron chi connectivity index (χ3n) is 0. The molecule has 0 bridgehead atoms. The molecule has 0 unspecified atom stereocenters. The van der Waals surface area contributed by atoms with Crippen LogP contribution in [-0.4, -0.2) is 25.8 Å². The van der Waals surface area contributed by atoms with Crippen molar-refractivity contribution >= 4 is 10.4 Å². The molecule has 0 aliphatic carbocycles. The van der Waals surface area contributed by atoms with E-state index in [9.17, 15) is 0 Å². The minimum Gasteiger partial charge on any atom is 0 e. The average molecular weight is 281 g/mol. The Morgan fingerprint density at radius 1 is 1.00 bits per heavy atom. The minimum absolute atomic E-state index is 0. The molecule has 66 valence electrons. The van der Waals surface area contributed by atoms with Crippen LogP contribution < -0.4 is 0 Å². The molecule has 0 rings (SSSR count). The molecule has 8 nitrogen and oxygen atoms in total. The Hall–Kier alpha value is 0.546. The molecular formula is H4CrO8SZn. The number of hydrogen-bond donors (Lipinski definition) is 4. The summed E-state index contributed by atoms with van der Waals surface area (Å²) in [4.78, 5) is 0. The molecule has 11 heteroatoms. The van der Waals surface area contributed by atoms with E-state index in [1.807, 2.05) is 0 Å². The number of rotatable bonds is 0. The first-order valence-corrected chi connectivity index (χ1v) is 4.98. The summed E-state index contributed by atoms with van der Waals surface area (Å²) in [5.74, 6) is 0. The fourth-order valence-electron chi connectivity index (χ4n) is 0. The van der Waals surface area contributed by atoms with Gasteiger partial charge in [0.15, 0.2) is 0 Å². The molecule has 0 amide bonds. The molecule has 0 aliphatic heterocycles. The van der Waals surface area contributed by atoms with E-state index in [1.165, 1.54) is 0 Å². The van der Waals surface area contributed by atoms with Crippen molar-refractivity contribution in [2.24, 2.45) is 0 Å². The van der Waals surface area contributed by atoms with Crippen molar-refractivity contribution in [2.75, 3.05) is 0 Å². The molecule has 0 aromatic heterocycles. The first kappa shape index (κ1) is 17.6. The van der Waals surface area contributed by atoms with Crippen LogP contribution in [0.2, 0.25) is 0 Å². The maximum atomic E-state index is 8.82. The third kappa shape index (κ3) is 2580. The van der Waals surface area contributed by atoms with Crippen molar-refractivity contribution in [3.05, 3.63) is 0 Å². The fraction of sp³-hybridized carbons (Fsp3) is 0. The van der Waals surface area contributed by atoms with Crippen LogP contribution in [0.3, 0.4) is 0 Å². The minimum atomic E-state index is -5.25. The fourth-order valence-corrected chi connectivity index (χ4v) is 0. The van der Waals surface area contributed by atoms with Gasteiger partial charge < -0.3 is 0 Å². The van der Waals surface area contributed by atoms with Gasteiger partial charge in [0.1, 0.15) is 0 Å². The molecule has 0 atom stereocenters. The molecule has 0 spiro atoms. The molecule has 4 N–H and O–H groups in total. The normalized spacial score (nSPS) is 10.5. The second-order valence-corrected chi connectivity index (χ2v) is 3.19. The zero-order chi connectivity index (χ0) is 9.00. The zero-order valence-electron chi connectivity index (χ0n) is 4.95. The molecule has 0 saturated heterocycles. The van der Waals surface area contributed by atoms with Gasteiger partial charge in [-0.05, 0) is 0 Å². The average Bonchev–Trinajstić information content (AvgIpc) is 1.12. The summed E-state index contributed by atoms with van der Waals surface area (Å²) >= 11 is -5.25. The van der Waals surface area contributed by atoms with Gasteiger partial charge in [0.05, 0.1) is 0 Å². The first-order valence-electron chi connectivity index (χ1n) is 1.40. The van der Waals surface area contributed by atoms with E-state index in [0.29, 0.717) is 0 Å². The van der Waals surface area contributed by atoms with E-state index in [0.717, 1.165) is 0 Å². The second kappa shape index (κ2) is 6.11. The molecule has 0 radical (unpaired) electrons. The monoisotopic (exact) mass is 280 g/mol. The van der Waals surface area contributed by atoms with Crippen molar-refractivity contribution in [1.82, 2.24) is 0 Å². The standard InChI is InChI=1S/Cr.H2O4S.2H2O.2O.Zn/c;1-5(2,3)4;;;;;/h;(H2,1,2,3,4);2*1H2;;;/q+2;;;;;;/p-2. The van der Waals surface area contributed by atoms with E-state index < -0.39 is 24.0 Å². The van der Waals surface area contributed by atoms with E-state index in [4.69, 9.17) is 33.4 Å². The van der Waals surface area contributed by atoms with Gasteiger partial charge in [0, 0.05) is 19.5 Å². The largest absolute Gasteiger partial charge is 0 e. The smallest absolute Gasteiger partial charge is 0 e. The molecule has 0 heterocycles. The summed E-state index contributed by atoms with van der Waals surface area (Å²) in [6.07, 6.45) is 0. The predicted octanol–water partition coefficient (Wildman–Crippen LogP) is -2.01. The molecule has 0 aliphatic rings. The topological polar surface area (TPSA) is 149 Å². The van der Waals surface area contributed by atoms with E-state index in [2.05, 4.69) is 0 Å². The molecule has 0 saturated carbocycles. The Bertz CT molecular complexity index is 210. The quantitative estimate of drug-likeness (QED) is 0.294. The van der Waals surface area contributed by atoms with Crippen LogP contribution in [0.1, 0.15) is 0 Å². The maximum Gasteiger partial charge on any atom is 0 e. The third-order valence-corrected chi connectivity index (χ3v) is 0. The van der Waals surface area contributed by atoms with Crippen LogP contribution in [0.25, 0.3) is 0 Å². The summed E-state index contributed by atoms with van der Waals surface area (Å²) in [7, 11) is -4.67. The zero-order valence-corrected chi connectivity index (χ0v) is 10.0. The predicted molar refractivity (Wildman–Crippen MR) is 20.0 cm³/mol. The van der Waals surface area contributed by atoms with Crippen LogP contribution in [0.5, 0.6) is 0 Å². The van der Waals surface area contributed by atoms with Gasteiger partial charge in [-0.2, -0.15) is 8.42 Å². The first-order chi connectivity index (χ1) is 4.00. The van der Waals surface area contributed by atoms with E-state index >= 15 is 0 Å². The molecular weight excluding hydrogens is 277 g/mol. The molecule has 0 fully saturated rings. The van der Waals surface area contributed by atoms with Gasteiger partial charge >= 0.3 is 39.9 Å². The molecule has 0 aromatic carbocycles. The van der Waals surface area contributed by atoms with Crippen molar-refractivity contribution in [2.45, 2.75) is 0 Å². The summed E-state index contributed by atoms with van der Waals surface area (Å²) in [6.45, 7) is 0. The van der Waals surface area contributed by atoms with Crippen LogP contribution >= 0.6 is 0 Å². The second-order valence-electron chi connectivity index (χ2n) is 0.896. The van der Waals surface area contributed by atoms with E-state index in [-0.39, 0.29) is 19.5 Å². The Morgan fingerprint density at radius 3 is 1.00 bits per heavy atom. The van der Waals surface area contributed by atoms with Crippen molar-refractivity contribution in [3.8, 4) is 0 Å². The van der Waals surface area contributed by atoms with Crippen LogP contribution in [0, 0.1) is 0 Å². The van der Waals surface area contributed by atoms with Gasteiger partial charge in [-0.1, -0.05) is 0 Å². The maximum absolute atomic E-state index is 8.82. The Labute approximate surface area is 77.0 Å². The van der Waals surface area contributed by atoms with Crippen molar-refractivity contribution in [3.63, 3.8) is 0 Å². The van der Waals surface area contributed by atoms with Crippen molar-refractivity contribution < 1.29 is 66.5 Å². The van der Waals surface area contributed by atoms with Gasteiger partial charge in [-0.15, -0.1) is 0 Å². The summed E-state index contributed by atoms with van der Waals surface area (Å²) in [5.41, 5.74) is 0. The van der Waals surface area contributed by atoms with Crippen molar-refractivity contribution in [1.29, 1.82) is 0 Å². The molecule has 11 heavy (non-hydrogen) atoms. The Balaban J connectivity index is -0.000000107. The molecule has 0 aromatic rings. The van der Waals surface area contributed by atoms with Gasteiger partial charge in [-0.3, -0.25) is 9.11 Å². The Kier molecular flexibility index (Phi) is 9.76. The van der Waals surface area contributed by atoms with Crippen LogP contribution in [0.4, 0.5) is 0 Å². The SMILES string of the molecule is O=S(=O)(O)O.[O]=[Cr](=[O])([OH])[OH].[Zn]. The summed E-state index contributed by atoms with van der Waals surface area (Å²) in [6, 6.07) is 0. The van der Waals surface area contributed by atoms with Crippen LogP contribution in [-0.2, 0) is 51.1 Å².